The van der Waals surface area contributed by atoms with Crippen LogP contribution in [0, 0.1) is 11.6 Å². The molecule has 2 aromatic carbocycles. The third-order valence-electron chi connectivity index (χ3n) is 9.95. The van der Waals surface area contributed by atoms with Gasteiger partial charge in [0.1, 0.15) is 29.6 Å². The average Bonchev–Trinajstić information content (AvgIpc) is 3.88. The van der Waals surface area contributed by atoms with E-state index in [9.17, 15) is 30.8 Å². The van der Waals surface area contributed by atoms with Gasteiger partial charge in [0.15, 0.2) is 5.82 Å². The number of halogens is 7. The fourth-order valence-electron chi connectivity index (χ4n) is 7.57. The van der Waals surface area contributed by atoms with Gasteiger partial charge in [0, 0.05) is 48.0 Å². The topological polar surface area (TPSA) is 142 Å². The molecule has 1 aliphatic carbocycles. The van der Waals surface area contributed by atoms with Crippen LogP contribution in [0.3, 0.4) is 0 Å². The van der Waals surface area contributed by atoms with Gasteiger partial charge in [0.25, 0.3) is 12.3 Å². The van der Waals surface area contributed by atoms with Gasteiger partial charge in [-0.05, 0) is 62.9 Å². The summed E-state index contributed by atoms with van der Waals surface area (Å²) in [5.74, 6) is -7.35. The zero-order valence-electron chi connectivity index (χ0n) is 32.5. The maximum atomic E-state index is 15.3. The number of aromatic nitrogens is 7. The number of nitrogens with one attached hydrogen (secondary N) is 2. The first-order chi connectivity index (χ1) is 27.5. The minimum absolute atomic E-state index is 0.0706. The average molecular weight is 862 g/mol. The molecule has 7 rings (SSSR count). The lowest BCUT2D eigenvalue weighted by molar-refractivity contribution is -0.122. The van der Waals surface area contributed by atoms with Gasteiger partial charge in [0.05, 0.1) is 51.3 Å². The number of pyridine rings is 1. The second kappa shape index (κ2) is 15.0. The fraction of sp³-hybridized carbons (Fsp3) is 0.359. The van der Waals surface area contributed by atoms with E-state index < -0.39 is 81.8 Å². The summed E-state index contributed by atoms with van der Waals surface area (Å²) in [7, 11) is -2.27. The first-order valence-electron chi connectivity index (χ1n) is 18.2. The van der Waals surface area contributed by atoms with Gasteiger partial charge in [-0.3, -0.25) is 23.6 Å². The molecule has 6 aromatic rings. The highest BCUT2D eigenvalue weighted by atomic mass is 35.5. The van der Waals surface area contributed by atoms with Crippen LogP contribution in [-0.2, 0) is 46.3 Å². The predicted molar refractivity (Wildman–Crippen MR) is 209 cm³/mol. The summed E-state index contributed by atoms with van der Waals surface area (Å²) < 4.78 is 119. The predicted octanol–water partition coefficient (Wildman–Crippen LogP) is 8.39. The molecule has 0 aliphatic heterocycles. The quantitative estimate of drug-likeness (QED) is 0.125. The molecular formula is C39H38ClF6N9O3S. The molecule has 312 valence electrons. The molecule has 4 heterocycles. The van der Waals surface area contributed by atoms with Crippen molar-refractivity contribution >= 4 is 44.3 Å². The van der Waals surface area contributed by atoms with E-state index in [2.05, 4.69) is 25.3 Å². The largest absolute Gasteiger partial charge is 0.346 e. The second-order valence-corrected chi connectivity index (χ2v) is 17.8. The lowest BCUT2D eigenvalue weighted by Crippen LogP contribution is -2.35. The van der Waals surface area contributed by atoms with Crippen molar-refractivity contribution < 1.29 is 39.6 Å². The highest BCUT2D eigenvalue weighted by molar-refractivity contribution is 7.92. The second-order valence-electron chi connectivity index (χ2n) is 15.7. The van der Waals surface area contributed by atoms with Crippen molar-refractivity contribution in [2.24, 2.45) is 7.05 Å². The SMILES string of the molecule is C[C@H]1CC(F)(F)c2c1c(C(F)F)nn2CC(=O)N[C@@H](Cc1cc(F)cc(F)c1)c1nc(-c2cnn(C(C)(C)C)c2)ccc1-c1ccc(Cl)c2c(NS(C)(=O)=O)nn(C)c12. The summed E-state index contributed by atoms with van der Waals surface area (Å²) in [6.45, 7) is 6.30. The smallest absolute Gasteiger partial charge is 0.290 e. The Morgan fingerprint density at radius 1 is 1.03 bits per heavy atom. The van der Waals surface area contributed by atoms with Gasteiger partial charge in [-0.1, -0.05) is 30.7 Å². The Kier molecular flexibility index (Phi) is 10.6. The van der Waals surface area contributed by atoms with Crippen molar-refractivity contribution in [2.45, 2.75) is 76.9 Å². The van der Waals surface area contributed by atoms with Crippen molar-refractivity contribution in [1.29, 1.82) is 0 Å². The number of nitrogens with zero attached hydrogens (tertiary/aromatic N) is 7. The molecule has 20 heteroatoms. The molecule has 0 spiro atoms. The number of rotatable bonds is 11. The minimum atomic E-state index is -3.82. The molecule has 4 aromatic heterocycles. The monoisotopic (exact) mass is 861 g/mol. The molecule has 0 saturated carbocycles. The van der Waals surface area contributed by atoms with Crippen molar-refractivity contribution in [1.82, 2.24) is 39.6 Å². The van der Waals surface area contributed by atoms with Crippen LogP contribution in [0.1, 0.15) is 80.7 Å². The zero-order valence-corrected chi connectivity index (χ0v) is 34.0. The van der Waals surface area contributed by atoms with Crippen molar-refractivity contribution in [3.8, 4) is 22.4 Å². The number of sulfonamides is 1. The maximum Gasteiger partial charge on any atom is 0.290 e. The number of carbonyl (C=O) groups excluding carboxylic acids is 1. The number of aryl methyl sites for hydroxylation is 1. The van der Waals surface area contributed by atoms with Crippen LogP contribution in [0.4, 0.5) is 32.2 Å². The van der Waals surface area contributed by atoms with E-state index in [1.807, 2.05) is 20.8 Å². The first kappa shape index (κ1) is 41.7. The number of carbonyl (C=O) groups is 1. The van der Waals surface area contributed by atoms with Crippen LogP contribution in [-0.4, -0.2) is 54.9 Å². The van der Waals surface area contributed by atoms with Gasteiger partial charge in [-0.25, -0.2) is 31.0 Å². The van der Waals surface area contributed by atoms with Crippen molar-refractivity contribution in [2.75, 3.05) is 11.0 Å². The summed E-state index contributed by atoms with van der Waals surface area (Å²) >= 11 is 6.63. The lowest BCUT2D eigenvalue weighted by atomic mass is 9.93. The maximum absolute atomic E-state index is 15.3. The van der Waals surface area contributed by atoms with Gasteiger partial charge in [-0.2, -0.15) is 24.1 Å². The molecule has 0 unspecified atom stereocenters. The third-order valence-corrected chi connectivity index (χ3v) is 10.8. The number of alkyl halides is 4. The molecular weight excluding hydrogens is 824 g/mol. The lowest BCUT2D eigenvalue weighted by Gasteiger charge is -2.23. The molecule has 0 fully saturated rings. The third kappa shape index (κ3) is 8.26. The van der Waals surface area contributed by atoms with Crippen LogP contribution in [0.25, 0.3) is 33.3 Å². The molecule has 1 aliphatic rings. The number of amides is 1. The van der Waals surface area contributed by atoms with E-state index in [0.717, 1.165) is 18.4 Å². The zero-order chi connectivity index (χ0) is 42.9. The molecule has 0 radical (unpaired) electrons. The Hall–Kier alpha value is -5.43. The number of hydrogen-bond acceptors (Lipinski definition) is 7. The Bertz CT molecular complexity index is 2720. The van der Waals surface area contributed by atoms with E-state index >= 15 is 8.78 Å². The van der Waals surface area contributed by atoms with Crippen LogP contribution in [0.2, 0.25) is 5.02 Å². The molecule has 0 bridgehead atoms. The van der Waals surface area contributed by atoms with E-state index in [4.69, 9.17) is 16.6 Å². The van der Waals surface area contributed by atoms with E-state index in [1.54, 1.807) is 42.3 Å². The Balaban J connectivity index is 1.42. The number of fused-ring (bicyclic) bond motifs is 2. The van der Waals surface area contributed by atoms with E-state index in [-0.39, 0.29) is 39.5 Å². The van der Waals surface area contributed by atoms with Gasteiger partial charge in [-0.15, -0.1) is 0 Å². The minimum Gasteiger partial charge on any atom is -0.346 e. The van der Waals surface area contributed by atoms with Crippen LogP contribution in [0.15, 0.2) is 54.9 Å². The van der Waals surface area contributed by atoms with Crippen molar-refractivity contribution in [3.63, 3.8) is 0 Å². The van der Waals surface area contributed by atoms with Crippen molar-refractivity contribution in [3.05, 3.63) is 99.7 Å². The first-order valence-corrected chi connectivity index (χ1v) is 20.5. The molecule has 2 atom stereocenters. The Labute approximate surface area is 339 Å². The van der Waals surface area contributed by atoms with Gasteiger partial charge < -0.3 is 5.32 Å². The number of anilines is 1. The molecule has 2 N–H and O–H groups in total. The normalized spacial score (nSPS) is 15.9. The summed E-state index contributed by atoms with van der Waals surface area (Å²) in [5, 5.41) is 15.7. The van der Waals surface area contributed by atoms with Gasteiger partial charge >= 0.3 is 0 Å². The van der Waals surface area contributed by atoms with Crippen LogP contribution >= 0.6 is 11.6 Å². The molecule has 1 amide bonds. The number of hydrogen-bond donors (Lipinski definition) is 2. The Morgan fingerprint density at radius 3 is 2.34 bits per heavy atom. The Morgan fingerprint density at radius 2 is 1.71 bits per heavy atom. The standard InChI is InChI=1S/C39H38ClF6N9O3S/c1-19-15-39(45,46)35-30(19)33(36(43)44)50-54(35)18-29(56)48-28(13-20-11-22(41)14-23(42)12-20)32-24(8-10-27(49-32)21-16-47-55(17-21)38(2,3)4)25-7-9-26(40)31-34(25)53(5)51-37(31)52-59(6,57)58/h7-12,14,16-17,19,28,36H,13,15,18H2,1-6H3,(H,48,56)(H,51,52)/t19-,28-/m0/s1. The summed E-state index contributed by atoms with van der Waals surface area (Å²) in [5.41, 5.74) is -0.194. The van der Waals surface area contributed by atoms with E-state index in [0.29, 0.717) is 38.6 Å². The number of benzene rings is 2. The summed E-state index contributed by atoms with van der Waals surface area (Å²) in [6, 6.07) is 7.99. The van der Waals surface area contributed by atoms with Crippen LogP contribution in [0.5, 0.6) is 0 Å². The molecule has 0 saturated heterocycles. The van der Waals surface area contributed by atoms with Crippen LogP contribution < -0.4 is 10.0 Å². The van der Waals surface area contributed by atoms with E-state index in [1.165, 1.54) is 17.7 Å². The summed E-state index contributed by atoms with van der Waals surface area (Å²) in [4.78, 5) is 19.1. The summed E-state index contributed by atoms with van der Waals surface area (Å²) in [6.07, 6.45) is 0.0499. The fourth-order valence-corrected chi connectivity index (χ4v) is 8.31. The van der Waals surface area contributed by atoms with Gasteiger partial charge in [0.2, 0.25) is 15.9 Å². The molecule has 59 heavy (non-hydrogen) atoms. The molecule has 12 nitrogen and oxygen atoms in total. The highest BCUT2D eigenvalue weighted by Crippen LogP contribution is 2.51. The highest BCUT2D eigenvalue weighted by Gasteiger charge is 2.50.